The van der Waals surface area contributed by atoms with Gasteiger partial charge in [-0.05, 0) is 67.6 Å². The molecular formula is C24H22N2O5. The Hall–Kier alpha value is -4.00. The van der Waals surface area contributed by atoms with Crippen molar-refractivity contribution in [3.8, 4) is 17.2 Å². The summed E-state index contributed by atoms with van der Waals surface area (Å²) in [5.74, 6) is 1.47. The zero-order valence-electron chi connectivity index (χ0n) is 17.0. The van der Waals surface area contributed by atoms with Gasteiger partial charge in [-0.15, -0.1) is 0 Å². The number of aryl methyl sites for hydroxylation is 1. The van der Waals surface area contributed by atoms with E-state index in [-0.39, 0.29) is 18.9 Å². The molecule has 7 heteroatoms. The van der Waals surface area contributed by atoms with Gasteiger partial charge in [-0.1, -0.05) is 12.1 Å². The quantitative estimate of drug-likeness (QED) is 0.444. The van der Waals surface area contributed by atoms with Crippen molar-refractivity contribution in [1.29, 1.82) is 0 Å². The van der Waals surface area contributed by atoms with Gasteiger partial charge in [0.05, 0.1) is 12.1 Å². The van der Waals surface area contributed by atoms with E-state index in [9.17, 15) is 9.59 Å². The van der Waals surface area contributed by atoms with Crippen molar-refractivity contribution >= 4 is 22.7 Å². The molecule has 0 aliphatic carbocycles. The maximum atomic E-state index is 12.3. The van der Waals surface area contributed by atoms with Crippen LogP contribution in [0, 0.1) is 0 Å². The number of hydrogen-bond acceptors (Lipinski definition) is 5. The van der Waals surface area contributed by atoms with Gasteiger partial charge in [0.15, 0.2) is 5.58 Å². The number of anilines is 1. The van der Waals surface area contributed by atoms with Crippen LogP contribution >= 0.6 is 0 Å². The topological polar surface area (TPSA) is 82.7 Å². The van der Waals surface area contributed by atoms with Crippen molar-refractivity contribution in [1.82, 2.24) is 4.57 Å². The molecule has 1 N–H and O–H groups in total. The molecule has 0 aliphatic rings. The maximum Gasteiger partial charge on any atom is 0.419 e. The number of hydrogen-bond donors (Lipinski definition) is 1. The Morgan fingerprint density at radius 2 is 1.58 bits per heavy atom. The average Bonchev–Trinajstić information content (AvgIpc) is 3.10. The molecule has 1 amide bonds. The molecule has 0 saturated heterocycles. The third kappa shape index (κ3) is 4.95. The fourth-order valence-electron chi connectivity index (χ4n) is 3.18. The van der Waals surface area contributed by atoms with E-state index in [1.165, 1.54) is 4.57 Å². The fourth-order valence-corrected chi connectivity index (χ4v) is 3.18. The van der Waals surface area contributed by atoms with Crippen molar-refractivity contribution in [2.24, 2.45) is 0 Å². The number of para-hydroxylation sites is 2. The third-order valence-electron chi connectivity index (χ3n) is 4.64. The van der Waals surface area contributed by atoms with Gasteiger partial charge in [0.1, 0.15) is 17.2 Å². The zero-order chi connectivity index (χ0) is 21.6. The van der Waals surface area contributed by atoms with Gasteiger partial charge < -0.3 is 19.2 Å². The molecule has 0 atom stereocenters. The fraction of sp³-hybridized carbons (Fsp3) is 0.167. The van der Waals surface area contributed by atoms with Gasteiger partial charge in [0.2, 0.25) is 5.91 Å². The smallest absolute Gasteiger partial charge is 0.419 e. The van der Waals surface area contributed by atoms with Crippen molar-refractivity contribution < 1.29 is 18.7 Å². The first kappa shape index (κ1) is 20.3. The summed E-state index contributed by atoms with van der Waals surface area (Å²) in [6.07, 6.45) is 0.147. The first-order valence-corrected chi connectivity index (χ1v) is 10.0. The summed E-state index contributed by atoms with van der Waals surface area (Å²) in [5.41, 5.74) is 1.83. The second kappa shape index (κ2) is 9.21. The highest BCUT2D eigenvalue weighted by Crippen LogP contribution is 2.25. The lowest BCUT2D eigenvalue weighted by Crippen LogP contribution is -2.19. The van der Waals surface area contributed by atoms with E-state index in [1.54, 1.807) is 42.5 Å². The molecule has 0 saturated carbocycles. The molecular weight excluding hydrogens is 396 g/mol. The molecule has 0 fully saturated rings. The lowest BCUT2D eigenvalue weighted by molar-refractivity contribution is -0.116. The molecule has 4 rings (SSSR count). The number of benzene rings is 3. The van der Waals surface area contributed by atoms with Crippen molar-refractivity contribution in [2.45, 2.75) is 19.9 Å². The molecule has 7 nitrogen and oxygen atoms in total. The van der Waals surface area contributed by atoms with Crippen LogP contribution in [0.15, 0.2) is 82.0 Å². The van der Waals surface area contributed by atoms with Crippen LogP contribution in [-0.2, 0) is 11.3 Å². The number of carbonyl (C=O) groups is 1. The summed E-state index contributed by atoms with van der Waals surface area (Å²) in [6, 6.07) is 21.6. The van der Waals surface area contributed by atoms with E-state index < -0.39 is 5.76 Å². The van der Waals surface area contributed by atoms with E-state index in [4.69, 9.17) is 13.9 Å². The first-order chi connectivity index (χ1) is 15.1. The lowest BCUT2D eigenvalue weighted by Gasteiger charge is -2.09. The van der Waals surface area contributed by atoms with Crippen LogP contribution in [0.1, 0.15) is 13.3 Å². The molecule has 0 bridgehead atoms. The van der Waals surface area contributed by atoms with Gasteiger partial charge in [0, 0.05) is 18.7 Å². The highest BCUT2D eigenvalue weighted by atomic mass is 16.5. The Kier molecular flexibility index (Phi) is 6.03. The van der Waals surface area contributed by atoms with Crippen molar-refractivity contribution in [3.63, 3.8) is 0 Å². The number of fused-ring (bicyclic) bond motifs is 1. The number of aromatic nitrogens is 1. The Bertz CT molecular complexity index is 1220. The molecule has 0 unspecified atom stereocenters. The standard InChI is InChI=1S/C24H22N2O5/c1-2-29-18-11-13-20(14-12-18)30-19-9-7-17(8-10-19)25-23(27)15-16-26-21-5-3-4-6-22(21)31-24(26)28/h3-14H,2,15-16H2,1H3,(H,25,27). The Morgan fingerprint density at radius 1 is 0.935 bits per heavy atom. The van der Waals surface area contributed by atoms with Crippen LogP contribution in [0.5, 0.6) is 17.2 Å². The number of nitrogens with one attached hydrogen (secondary N) is 1. The number of nitrogens with zero attached hydrogens (tertiary/aromatic N) is 1. The van der Waals surface area contributed by atoms with Gasteiger partial charge >= 0.3 is 5.76 Å². The van der Waals surface area contributed by atoms with Crippen LogP contribution in [-0.4, -0.2) is 17.1 Å². The van der Waals surface area contributed by atoms with Gasteiger partial charge in [0.25, 0.3) is 0 Å². The molecule has 1 heterocycles. The Labute approximate surface area is 178 Å². The normalized spacial score (nSPS) is 10.7. The predicted octanol–water partition coefficient (Wildman–Crippen LogP) is 4.81. The van der Waals surface area contributed by atoms with Gasteiger partial charge in [-0.25, -0.2) is 4.79 Å². The van der Waals surface area contributed by atoms with Crippen LogP contribution in [0.25, 0.3) is 11.1 Å². The van der Waals surface area contributed by atoms with Crippen LogP contribution in [0.4, 0.5) is 5.69 Å². The molecule has 31 heavy (non-hydrogen) atoms. The largest absolute Gasteiger partial charge is 0.494 e. The summed E-state index contributed by atoms with van der Waals surface area (Å²) < 4.78 is 17.9. The molecule has 0 aliphatic heterocycles. The van der Waals surface area contributed by atoms with Crippen LogP contribution < -0.4 is 20.5 Å². The lowest BCUT2D eigenvalue weighted by atomic mass is 10.2. The number of ether oxygens (including phenoxy) is 2. The minimum Gasteiger partial charge on any atom is -0.494 e. The summed E-state index contributed by atoms with van der Waals surface area (Å²) in [7, 11) is 0. The SMILES string of the molecule is CCOc1ccc(Oc2ccc(NC(=O)CCn3c(=O)oc4ccccc43)cc2)cc1. The number of amides is 1. The van der Waals surface area contributed by atoms with E-state index in [0.717, 1.165) is 5.75 Å². The first-order valence-electron chi connectivity index (χ1n) is 10.0. The second-order valence-electron chi connectivity index (χ2n) is 6.82. The Balaban J connectivity index is 1.32. The highest BCUT2D eigenvalue weighted by molar-refractivity contribution is 5.90. The highest BCUT2D eigenvalue weighted by Gasteiger charge is 2.10. The molecule has 0 radical (unpaired) electrons. The summed E-state index contributed by atoms with van der Waals surface area (Å²) in [4.78, 5) is 24.3. The number of rotatable bonds is 8. The van der Waals surface area contributed by atoms with Crippen molar-refractivity contribution in [3.05, 3.63) is 83.3 Å². The molecule has 0 spiro atoms. The van der Waals surface area contributed by atoms with Crippen LogP contribution in [0.3, 0.4) is 0 Å². The average molecular weight is 418 g/mol. The molecule has 3 aromatic carbocycles. The van der Waals surface area contributed by atoms with Gasteiger partial charge in [-0.3, -0.25) is 9.36 Å². The van der Waals surface area contributed by atoms with Crippen molar-refractivity contribution in [2.75, 3.05) is 11.9 Å². The third-order valence-corrected chi connectivity index (χ3v) is 4.64. The van der Waals surface area contributed by atoms with E-state index in [2.05, 4.69) is 5.32 Å². The van der Waals surface area contributed by atoms with Crippen LogP contribution in [0.2, 0.25) is 0 Å². The van der Waals surface area contributed by atoms with E-state index in [0.29, 0.717) is 34.9 Å². The van der Waals surface area contributed by atoms with Gasteiger partial charge in [-0.2, -0.15) is 0 Å². The maximum absolute atomic E-state index is 12.3. The van der Waals surface area contributed by atoms with E-state index >= 15 is 0 Å². The summed E-state index contributed by atoms with van der Waals surface area (Å²) in [5, 5.41) is 2.83. The predicted molar refractivity (Wildman–Crippen MR) is 118 cm³/mol. The Morgan fingerprint density at radius 3 is 2.29 bits per heavy atom. The zero-order valence-corrected chi connectivity index (χ0v) is 17.0. The minimum atomic E-state index is -0.468. The monoisotopic (exact) mass is 418 g/mol. The number of carbonyl (C=O) groups excluding carboxylic acids is 1. The second-order valence-corrected chi connectivity index (χ2v) is 6.82. The molecule has 158 valence electrons. The van der Waals surface area contributed by atoms with E-state index in [1.807, 2.05) is 37.3 Å². The minimum absolute atomic E-state index is 0.147. The summed E-state index contributed by atoms with van der Waals surface area (Å²) in [6.45, 7) is 2.79. The molecule has 1 aromatic heterocycles. The summed E-state index contributed by atoms with van der Waals surface area (Å²) >= 11 is 0. The number of oxazole rings is 1. The molecule has 4 aromatic rings.